The van der Waals surface area contributed by atoms with Crippen molar-refractivity contribution in [1.82, 2.24) is 0 Å². The Morgan fingerprint density at radius 2 is 2.00 bits per heavy atom. The van der Waals surface area contributed by atoms with Crippen molar-refractivity contribution in [1.29, 1.82) is 0 Å². The first-order valence-electron chi connectivity index (χ1n) is 4.28. The molecule has 0 saturated carbocycles. The minimum Gasteiger partial charge on any atom is -0.396 e. The van der Waals surface area contributed by atoms with Gasteiger partial charge in [-0.05, 0) is 13.3 Å². The van der Waals surface area contributed by atoms with E-state index >= 15 is 0 Å². The van der Waals surface area contributed by atoms with Gasteiger partial charge in [0, 0.05) is 12.2 Å². The van der Waals surface area contributed by atoms with Gasteiger partial charge >= 0.3 is 0 Å². The number of hydrogen-bond donors (Lipinski definition) is 3. The number of aliphatic hydroxyl groups is 2. The molecule has 0 aliphatic carbocycles. The summed E-state index contributed by atoms with van der Waals surface area (Å²) in [5.74, 6) is -0.487. The van der Waals surface area contributed by atoms with Crippen LogP contribution >= 0.6 is 0 Å². The summed E-state index contributed by atoms with van der Waals surface area (Å²) in [7, 11) is 0. The number of nitrogens with two attached hydrogens (primary N) is 1. The first-order chi connectivity index (χ1) is 6.09. The van der Waals surface area contributed by atoms with E-state index in [1.807, 2.05) is 0 Å². The number of amides is 1. The SMILES string of the molecule is CC(=CCO)C(N)=O.CCCCO. The van der Waals surface area contributed by atoms with Gasteiger partial charge in [0.05, 0.1) is 6.61 Å². The highest BCUT2D eigenvalue weighted by molar-refractivity contribution is 5.91. The summed E-state index contributed by atoms with van der Waals surface area (Å²) in [5, 5.41) is 16.3. The predicted molar refractivity (Wildman–Crippen MR) is 52.0 cm³/mol. The second-order valence-corrected chi connectivity index (χ2v) is 2.51. The van der Waals surface area contributed by atoms with Crippen LogP contribution in [0.2, 0.25) is 0 Å². The molecule has 0 saturated heterocycles. The van der Waals surface area contributed by atoms with E-state index in [4.69, 9.17) is 15.9 Å². The number of unbranched alkanes of at least 4 members (excludes halogenated alkanes) is 1. The van der Waals surface area contributed by atoms with Gasteiger partial charge in [-0.2, -0.15) is 0 Å². The van der Waals surface area contributed by atoms with Gasteiger partial charge in [0.2, 0.25) is 5.91 Å². The fourth-order valence-electron chi connectivity index (χ4n) is 0.396. The molecular weight excluding hydrogens is 170 g/mol. The molecule has 0 aliphatic rings. The van der Waals surface area contributed by atoms with Crippen molar-refractivity contribution in [2.75, 3.05) is 13.2 Å². The van der Waals surface area contributed by atoms with Crippen molar-refractivity contribution in [3.8, 4) is 0 Å². The summed E-state index contributed by atoms with van der Waals surface area (Å²) in [4.78, 5) is 10.1. The zero-order valence-electron chi connectivity index (χ0n) is 8.29. The Balaban J connectivity index is 0. The van der Waals surface area contributed by atoms with Crippen LogP contribution in [0.1, 0.15) is 26.7 Å². The first-order valence-corrected chi connectivity index (χ1v) is 4.28. The standard InChI is InChI=1S/C5H9NO2.C4H10O/c1-4(2-3-7)5(6)8;1-2-3-4-5/h2,7H,3H2,1H3,(H2,6,8);5H,2-4H2,1H3. The van der Waals surface area contributed by atoms with Crippen LogP contribution in [0.5, 0.6) is 0 Å². The van der Waals surface area contributed by atoms with Crippen molar-refractivity contribution < 1.29 is 15.0 Å². The molecule has 0 spiro atoms. The Kier molecular flexibility index (Phi) is 12.5. The molecule has 13 heavy (non-hydrogen) atoms. The Morgan fingerprint density at radius 3 is 2.08 bits per heavy atom. The minimum absolute atomic E-state index is 0.130. The van der Waals surface area contributed by atoms with Gasteiger partial charge in [-0.3, -0.25) is 4.79 Å². The lowest BCUT2D eigenvalue weighted by molar-refractivity contribution is -0.114. The fourth-order valence-corrected chi connectivity index (χ4v) is 0.396. The van der Waals surface area contributed by atoms with Gasteiger partial charge in [-0.15, -0.1) is 0 Å². The summed E-state index contributed by atoms with van der Waals surface area (Å²) in [6, 6.07) is 0. The van der Waals surface area contributed by atoms with Crippen LogP contribution in [0.4, 0.5) is 0 Å². The summed E-state index contributed by atoms with van der Waals surface area (Å²) in [5.41, 5.74) is 5.20. The molecule has 0 aromatic heterocycles. The van der Waals surface area contributed by atoms with Crippen molar-refractivity contribution in [3.63, 3.8) is 0 Å². The molecule has 0 rings (SSSR count). The number of hydrogen-bond acceptors (Lipinski definition) is 3. The Labute approximate surface area is 79.1 Å². The molecule has 0 aliphatic heterocycles. The van der Waals surface area contributed by atoms with Crippen LogP contribution in [0.15, 0.2) is 11.6 Å². The molecule has 0 bridgehead atoms. The lowest BCUT2D eigenvalue weighted by Gasteiger charge is -1.88. The molecule has 1 amide bonds. The first kappa shape index (κ1) is 14.6. The molecule has 0 heterocycles. The monoisotopic (exact) mass is 189 g/mol. The van der Waals surface area contributed by atoms with Gasteiger partial charge < -0.3 is 15.9 Å². The number of rotatable bonds is 4. The molecule has 0 fully saturated rings. The maximum atomic E-state index is 10.1. The third-order valence-corrected chi connectivity index (χ3v) is 1.30. The number of carbonyl (C=O) groups excluding carboxylic acids is 1. The smallest absolute Gasteiger partial charge is 0.244 e. The third-order valence-electron chi connectivity index (χ3n) is 1.30. The molecular formula is C9H19NO3. The van der Waals surface area contributed by atoms with Crippen LogP contribution in [-0.2, 0) is 4.79 Å². The molecule has 0 unspecified atom stereocenters. The van der Waals surface area contributed by atoms with E-state index in [2.05, 4.69) is 6.92 Å². The zero-order chi connectivity index (χ0) is 10.7. The number of carbonyl (C=O) groups is 1. The van der Waals surface area contributed by atoms with Crippen LogP contribution < -0.4 is 5.73 Å². The molecule has 0 radical (unpaired) electrons. The number of aliphatic hydroxyl groups excluding tert-OH is 2. The van der Waals surface area contributed by atoms with Crippen LogP contribution in [0.25, 0.3) is 0 Å². The lowest BCUT2D eigenvalue weighted by Crippen LogP contribution is -2.11. The largest absolute Gasteiger partial charge is 0.396 e. The second-order valence-electron chi connectivity index (χ2n) is 2.51. The maximum absolute atomic E-state index is 10.1. The van der Waals surface area contributed by atoms with Crippen molar-refractivity contribution in [2.45, 2.75) is 26.7 Å². The van der Waals surface area contributed by atoms with Gasteiger partial charge in [0.25, 0.3) is 0 Å². The Morgan fingerprint density at radius 1 is 1.46 bits per heavy atom. The predicted octanol–water partition coefficient (Wildman–Crippen LogP) is 0.189. The van der Waals surface area contributed by atoms with E-state index in [1.54, 1.807) is 6.92 Å². The molecule has 78 valence electrons. The fraction of sp³-hybridized carbons (Fsp3) is 0.667. The van der Waals surface area contributed by atoms with E-state index in [9.17, 15) is 4.79 Å². The highest BCUT2D eigenvalue weighted by Gasteiger charge is 1.92. The highest BCUT2D eigenvalue weighted by atomic mass is 16.3. The average molecular weight is 189 g/mol. The van der Waals surface area contributed by atoms with E-state index in [1.165, 1.54) is 6.08 Å². The quantitative estimate of drug-likeness (QED) is 0.552. The summed E-state index contributed by atoms with van der Waals surface area (Å²) < 4.78 is 0. The average Bonchev–Trinajstić information content (AvgIpc) is 2.07. The highest BCUT2D eigenvalue weighted by Crippen LogP contribution is 1.86. The normalized spacial score (nSPS) is 10.3. The van der Waals surface area contributed by atoms with E-state index < -0.39 is 5.91 Å². The number of primary amides is 1. The molecule has 4 N–H and O–H groups in total. The van der Waals surface area contributed by atoms with Crippen LogP contribution in [-0.4, -0.2) is 29.3 Å². The molecule has 0 atom stereocenters. The third kappa shape index (κ3) is 14.0. The van der Waals surface area contributed by atoms with Gasteiger partial charge in [-0.25, -0.2) is 0 Å². The minimum atomic E-state index is -0.487. The Bertz CT molecular complexity index is 153. The topological polar surface area (TPSA) is 83.5 Å². The van der Waals surface area contributed by atoms with Gasteiger partial charge in [-0.1, -0.05) is 19.4 Å². The molecule has 0 aromatic rings. The molecule has 4 heteroatoms. The second kappa shape index (κ2) is 11.1. The maximum Gasteiger partial charge on any atom is 0.244 e. The van der Waals surface area contributed by atoms with E-state index in [0.717, 1.165) is 12.8 Å². The van der Waals surface area contributed by atoms with Crippen LogP contribution in [0, 0.1) is 0 Å². The molecule has 4 nitrogen and oxygen atoms in total. The Hall–Kier alpha value is -0.870. The van der Waals surface area contributed by atoms with Crippen molar-refractivity contribution in [3.05, 3.63) is 11.6 Å². The lowest BCUT2D eigenvalue weighted by atomic mass is 10.3. The summed E-state index contributed by atoms with van der Waals surface area (Å²) in [6.45, 7) is 3.82. The van der Waals surface area contributed by atoms with Gasteiger partial charge in [0.15, 0.2) is 0 Å². The van der Waals surface area contributed by atoms with Crippen LogP contribution in [0.3, 0.4) is 0 Å². The van der Waals surface area contributed by atoms with E-state index in [0.29, 0.717) is 12.2 Å². The van der Waals surface area contributed by atoms with Crippen molar-refractivity contribution in [2.24, 2.45) is 5.73 Å². The summed E-state index contributed by atoms with van der Waals surface area (Å²) in [6.07, 6.45) is 3.40. The van der Waals surface area contributed by atoms with Crippen molar-refractivity contribution >= 4 is 5.91 Å². The summed E-state index contributed by atoms with van der Waals surface area (Å²) >= 11 is 0. The zero-order valence-corrected chi connectivity index (χ0v) is 8.29. The molecule has 0 aromatic carbocycles. The van der Waals surface area contributed by atoms with E-state index in [-0.39, 0.29) is 6.61 Å². The van der Waals surface area contributed by atoms with Gasteiger partial charge in [0.1, 0.15) is 0 Å².